The van der Waals surface area contributed by atoms with Crippen molar-refractivity contribution in [2.24, 2.45) is 0 Å². The Kier molecular flexibility index (Phi) is 2.79. The fraction of sp³-hybridized carbons (Fsp3) is 0.231. The number of aromatic amines is 1. The molecule has 1 aromatic carbocycles. The van der Waals surface area contributed by atoms with Crippen molar-refractivity contribution >= 4 is 5.97 Å². The van der Waals surface area contributed by atoms with Crippen molar-refractivity contribution in [1.82, 2.24) is 15.3 Å². The Hall–Kier alpha value is -2.21. The molecule has 0 aliphatic carbocycles. The summed E-state index contributed by atoms with van der Waals surface area (Å²) in [4.78, 5) is 18.3. The smallest absolute Gasteiger partial charge is 0.321 e. The minimum atomic E-state index is -0.929. The van der Waals surface area contributed by atoms with Crippen LogP contribution in [0, 0.1) is 5.82 Å². The average Bonchev–Trinajstić information content (AvgIpc) is 2.85. The number of carboxylic acid groups (broad SMARTS) is 1. The van der Waals surface area contributed by atoms with E-state index in [0.29, 0.717) is 12.0 Å². The second-order valence-electron chi connectivity index (χ2n) is 4.52. The lowest BCUT2D eigenvalue weighted by molar-refractivity contribution is -0.139. The first-order valence-electron chi connectivity index (χ1n) is 5.91. The van der Waals surface area contributed by atoms with Crippen molar-refractivity contribution in [1.29, 1.82) is 0 Å². The van der Waals surface area contributed by atoms with Gasteiger partial charge >= 0.3 is 5.97 Å². The number of hydrogen-bond acceptors (Lipinski definition) is 3. The number of rotatable bonds is 2. The van der Waals surface area contributed by atoms with Gasteiger partial charge in [-0.2, -0.15) is 0 Å². The topological polar surface area (TPSA) is 78.0 Å². The maximum atomic E-state index is 13.3. The van der Waals surface area contributed by atoms with Crippen LogP contribution in [0.3, 0.4) is 0 Å². The number of carboxylic acids is 1. The van der Waals surface area contributed by atoms with E-state index in [1.54, 1.807) is 12.1 Å². The van der Waals surface area contributed by atoms with Crippen LogP contribution >= 0.6 is 0 Å². The first kappa shape index (κ1) is 11.9. The van der Waals surface area contributed by atoms with Gasteiger partial charge in [0.25, 0.3) is 0 Å². The Morgan fingerprint density at radius 1 is 1.47 bits per heavy atom. The number of hydrogen-bond donors (Lipinski definition) is 3. The molecule has 6 heteroatoms. The quantitative estimate of drug-likeness (QED) is 0.760. The average molecular weight is 261 g/mol. The van der Waals surface area contributed by atoms with Gasteiger partial charge in [0, 0.05) is 12.1 Å². The Morgan fingerprint density at radius 2 is 2.32 bits per heavy atom. The minimum Gasteiger partial charge on any atom is -0.480 e. The van der Waals surface area contributed by atoms with E-state index in [2.05, 4.69) is 15.3 Å². The largest absolute Gasteiger partial charge is 0.480 e. The third-order valence-electron chi connectivity index (χ3n) is 3.28. The van der Waals surface area contributed by atoms with Crippen LogP contribution in [0.4, 0.5) is 4.39 Å². The van der Waals surface area contributed by atoms with E-state index in [9.17, 15) is 9.18 Å². The predicted octanol–water partition coefficient (Wildman–Crippen LogP) is 1.24. The first-order chi connectivity index (χ1) is 9.15. The molecule has 2 aromatic rings. The fourth-order valence-corrected chi connectivity index (χ4v) is 2.39. The summed E-state index contributed by atoms with van der Waals surface area (Å²) in [5.74, 6) is -1.28. The molecule has 2 heterocycles. The number of nitrogens with zero attached hydrogens (tertiary/aromatic N) is 1. The summed E-state index contributed by atoms with van der Waals surface area (Å²) in [5.41, 5.74) is 2.17. The number of benzene rings is 1. The molecule has 0 unspecified atom stereocenters. The lowest BCUT2D eigenvalue weighted by Gasteiger charge is -2.28. The molecule has 2 atom stereocenters. The zero-order chi connectivity index (χ0) is 13.4. The number of carbonyl (C=O) groups is 1. The van der Waals surface area contributed by atoms with Crippen LogP contribution in [0.5, 0.6) is 0 Å². The zero-order valence-electron chi connectivity index (χ0n) is 9.93. The lowest BCUT2D eigenvalue weighted by Crippen LogP contribution is -2.45. The molecule has 3 rings (SSSR count). The Morgan fingerprint density at radius 3 is 3.05 bits per heavy atom. The van der Waals surface area contributed by atoms with Crippen LogP contribution < -0.4 is 5.32 Å². The van der Waals surface area contributed by atoms with Gasteiger partial charge in [-0.05, 0) is 17.7 Å². The van der Waals surface area contributed by atoms with Crippen molar-refractivity contribution in [3.8, 4) is 0 Å². The molecular weight excluding hydrogens is 249 g/mol. The summed E-state index contributed by atoms with van der Waals surface area (Å²) in [6.45, 7) is 0. The Balaban J connectivity index is 2.03. The van der Waals surface area contributed by atoms with Crippen LogP contribution in [0.25, 0.3) is 0 Å². The molecule has 0 amide bonds. The third kappa shape index (κ3) is 2.10. The number of H-pyrrole nitrogens is 1. The summed E-state index contributed by atoms with van der Waals surface area (Å²) in [6.07, 6.45) is 1.87. The molecule has 1 aliphatic rings. The van der Waals surface area contributed by atoms with E-state index < -0.39 is 18.1 Å². The highest BCUT2D eigenvalue weighted by molar-refractivity contribution is 5.74. The van der Waals surface area contributed by atoms with Gasteiger partial charge < -0.3 is 10.1 Å². The monoisotopic (exact) mass is 261 g/mol. The molecule has 3 N–H and O–H groups in total. The number of aromatic nitrogens is 2. The molecule has 0 saturated heterocycles. The number of halogens is 1. The first-order valence-corrected chi connectivity index (χ1v) is 5.91. The van der Waals surface area contributed by atoms with E-state index >= 15 is 0 Å². The van der Waals surface area contributed by atoms with Crippen molar-refractivity contribution in [2.45, 2.75) is 18.5 Å². The van der Waals surface area contributed by atoms with Crippen molar-refractivity contribution < 1.29 is 14.3 Å². The summed E-state index contributed by atoms with van der Waals surface area (Å²) in [7, 11) is 0. The summed E-state index contributed by atoms with van der Waals surface area (Å²) in [6, 6.07) is 4.98. The van der Waals surface area contributed by atoms with Crippen molar-refractivity contribution in [3.05, 3.63) is 53.4 Å². The van der Waals surface area contributed by atoms with E-state index in [1.165, 1.54) is 18.5 Å². The SMILES string of the molecule is O=C(O)[C@H]1Cc2[nH]cnc2[C@H](c2cccc(F)c2)N1. The second-order valence-corrected chi connectivity index (χ2v) is 4.52. The molecule has 19 heavy (non-hydrogen) atoms. The molecular formula is C13H12FN3O2. The van der Waals surface area contributed by atoms with Gasteiger partial charge in [0.1, 0.15) is 11.9 Å². The molecule has 0 fully saturated rings. The van der Waals surface area contributed by atoms with Gasteiger partial charge in [-0.3, -0.25) is 10.1 Å². The van der Waals surface area contributed by atoms with Crippen molar-refractivity contribution in [3.63, 3.8) is 0 Å². The van der Waals surface area contributed by atoms with E-state index in [4.69, 9.17) is 5.11 Å². The molecule has 5 nitrogen and oxygen atoms in total. The number of fused-ring (bicyclic) bond motifs is 1. The predicted molar refractivity (Wildman–Crippen MR) is 65.1 cm³/mol. The minimum absolute atomic E-state index is 0.344. The van der Waals surface area contributed by atoms with Crippen LogP contribution in [-0.4, -0.2) is 27.1 Å². The van der Waals surface area contributed by atoms with E-state index in [1.807, 2.05) is 0 Å². The third-order valence-corrected chi connectivity index (χ3v) is 3.28. The van der Waals surface area contributed by atoms with Crippen LogP contribution in [0.15, 0.2) is 30.6 Å². The number of nitrogens with one attached hydrogen (secondary N) is 2. The maximum absolute atomic E-state index is 13.3. The molecule has 0 bridgehead atoms. The number of imidazole rings is 1. The summed E-state index contributed by atoms with van der Waals surface area (Å²) in [5, 5.41) is 12.1. The van der Waals surface area contributed by atoms with Gasteiger partial charge in [0.15, 0.2) is 0 Å². The van der Waals surface area contributed by atoms with Gasteiger partial charge in [0.2, 0.25) is 0 Å². The fourth-order valence-electron chi connectivity index (χ4n) is 2.39. The molecule has 1 aliphatic heterocycles. The van der Waals surface area contributed by atoms with Gasteiger partial charge in [0.05, 0.1) is 18.1 Å². The molecule has 0 spiro atoms. The summed E-state index contributed by atoms with van der Waals surface area (Å²) >= 11 is 0. The molecule has 1 aromatic heterocycles. The van der Waals surface area contributed by atoms with Crippen LogP contribution in [0.2, 0.25) is 0 Å². The van der Waals surface area contributed by atoms with E-state index in [0.717, 1.165) is 11.4 Å². The van der Waals surface area contributed by atoms with E-state index in [-0.39, 0.29) is 5.82 Å². The highest BCUT2D eigenvalue weighted by Crippen LogP contribution is 2.28. The highest BCUT2D eigenvalue weighted by atomic mass is 19.1. The second kappa shape index (κ2) is 4.47. The Labute approximate surface area is 108 Å². The maximum Gasteiger partial charge on any atom is 0.321 e. The molecule has 98 valence electrons. The Bertz CT molecular complexity index is 626. The highest BCUT2D eigenvalue weighted by Gasteiger charge is 2.33. The van der Waals surface area contributed by atoms with Gasteiger partial charge in [-0.15, -0.1) is 0 Å². The number of aliphatic carboxylic acids is 1. The molecule has 0 radical (unpaired) electrons. The zero-order valence-corrected chi connectivity index (χ0v) is 9.93. The van der Waals surface area contributed by atoms with Crippen LogP contribution in [-0.2, 0) is 11.2 Å². The lowest BCUT2D eigenvalue weighted by atomic mass is 9.94. The van der Waals surface area contributed by atoms with Gasteiger partial charge in [-0.1, -0.05) is 12.1 Å². The normalized spacial score (nSPS) is 21.9. The van der Waals surface area contributed by atoms with Crippen LogP contribution in [0.1, 0.15) is 23.0 Å². The van der Waals surface area contributed by atoms with Gasteiger partial charge in [-0.25, -0.2) is 9.37 Å². The summed E-state index contributed by atoms with van der Waals surface area (Å²) < 4.78 is 13.3. The van der Waals surface area contributed by atoms with Crippen molar-refractivity contribution in [2.75, 3.05) is 0 Å². The standard InChI is InChI=1S/C13H12FN3O2/c14-8-3-1-2-7(4-8)11-12-9(15-6-16-12)5-10(17-11)13(18)19/h1-4,6,10-11,17H,5H2,(H,15,16)(H,18,19)/t10-,11+/m1/s1. The molecule has 0 saturated carbocycles.